The number of imidazole rings is 1. The third kappa shape index (κ3) is 4.85. The van der Waals surface area contributed by atoms with Crippen molar-refractivity contribution in [2.24, 2.45) is 7.05 Å². The van der Waals surface area contributed by atoms with Crippen molar-refractivity contribution < 1.29 is 0 Å². The van der Waals surface area contributed by atoms with E-state index in [4.69, 9.17) is 4.98 Å². The Labute approximate surface area is 171 Å². The smallest absolute Gasteiger partial charge is 0.321 e. The predicted molar refractivity (Wildman–Crippen MR) is 116 cm³/mol. The third-order valence-electron chi connectivity index (χ3n) is 5.22. The van der Waals surface area contributed by atoms with Crippen LogP contribution in [0.4, 0.5) is 0 Å². The van der Waals surface area contributed by atoms with Gasteiger partial charge in [0.2, 0.25) is 0 Å². The summed E-state index contributed by atoms with van der Waals surface area (Å²) in [7, 11) is 1.65. The van der Waals surface area contributed by atoms with Crippen LogP contribution in [0, 0.1) is 0 Å². The minimum absolute atomic E-state index is 0.362. The molecular formula is C22H31N5O2. The van der Waals surface area contributed by atoms with Crippen LogP contribution in [0.2, 0.25) is 0 Å². The van der Waals surface area contributed by atoms with E-state index in [1.54, 1.807) is 7.05 Å². The van der Waals surface area contributed by atoms with Gasteiger partial charge < -0.3 is 4.57 Å². The molecule has 0 saturated heterocycles. The Morgan fingerprint density at radius 3 is 2.41 bits per heavy atom. The fourth-order valence-electron chi connectivity index (χ4n) is 3.83. The van der Waals surface area contributed by atoms with Crippen LogP contribution < -0.4 is 11.2 Å². The maximum absolute atomic E-state index is 12.6. The Kier molecular flexibility index (Phi) is 7.04. The first-order valence-corrected chi connectivity index (χ1v) is 10.5. The molecule has 0 fully saturated rings. The lowest BCUT2D eigenvalue weighted by molar-refractivity contribution is 0.256. The predicted octanol–water partition coefficient (Wildman–Crippen LogP) is 2.68. The lowest BCUT2D eigenvalue weighted by atomic mass is 10.1. The minimum atomic E-state index is -0.429. The molecule has 0 radical (unpaired) electrons. The van der Waals surface area contributed by atoms with Crippen LogP contribution in [0.15, 0.2) is 39.9 Å². The van der Waals surface area contributed by atoms with Gasteiger partial charge in [-0.1, -0.05) is 44.2 Å². The molecule has 156 valence electrons. The van der Waals surface area contributed by atoms with Gasteiger partial charge in [-0.15, -0.1) is 0 Å². The Morgan fingerprint density at radius 1 is 1.07 bits per heavy atom. The van der Waals surface area contributed by atoms with E-state index in [9.17, 15) is 9.59 Å². The largest absolute Gasteiger partial charge is 0.329 e. The molecule has 7 heteroatoms. The summed E-state index contributed by atoms with van der Waals surface area (Å²) < 4.78 is 3.44. The maximum Gasteiger partial charge on any atom is 0.329 e. The Hall–Kier alpha value is -2.67. The summed E-state index contributed by atoms with van der Waals surface area (Å²) in [6.07, 6.45) is 3.95. The van der Waals surface area contributed by atoms with Crippen molar-refractivity contribution in [3.8, 4) is 0 Å². The first-order valence-electron chi connectivity index (χ1n) is 10.5. The number of nitrogens with one attached hydrogen (secondary N) is 1. The van der Waals surface area contributed by atoms with Gasteiger partial charge in [0.05, 0.1) is 6.54 Å². The fraction of sp³-hybridized carbons (Fsp3) is 0.500. The number of hydrogen-bond donors (Lipinski definition) is 1. The highest BCUT2D eigenvalue weighted by Gasteiger charge is 2.18. The van der Waals surface area contributed by atoms with Crippen molar-refractivity contribution in [1.29, 1.82) is 0 Å². The van der Waals surface area contributed by atoms with Crippen LogP contribution in [0.5, 0.6) is 0 Å². The van der Waals surface area contributed by atoms with Gasteiger partial charge in [0, 0.05) is 13.6 Å². The number of aromatic nitrogens is 4. The molecule has 0 aliphatic carbocycles. The highest BCUT2D eigenvalue weighted by atomic mass is 16.2. The third-order valence-corrected chi connectivity index (χ3v) is 5.22. The molecule has 0 aliphatic rings. The molecule has 0 saturated carbocycles. The summed E-state index contributed by atoms with van der Waals surface area (Å²) in [4.78, 5) is 34.2. The lowest BCUT2D eigenvalue weighted by Gasteiger charge is -2.21. The maximum atomic E-state index is 12.6. The van der Waals surface area contributed by atoms with Crippen LogP contribution in [-0.2, 0) is 26.6 Å². The number of H-pyrrole nitrogens is 1. The minimum Gasteiger partial charge on any atom is -0.321 e. The van der Waals surface area contributed by atoms with Gasteiger partial charge in [-0.05, 0) is 44.3 Å². The molecule has 1 N–H and O–H groups in total. The number of hydrogen-bond acceptors (Lipinski definition) is 4. The van der Waals surface area contributed by atoms with Crippen LogP contribution in [0.1, 0.15) is 44.5 Å². The SMILES string of the molecule is CCCN(CCC)Cc1nc2c(c(=O)[nH]c(=O)n2C)n1CCCc1ccccc1. The molecule has 2 aromatic heterocycles. The number of fused-ring (bicyclic) bond motifs is 1. The van der Waals surface area contributed by atoms with Crippen LogP contribution >= 0.6 is 0 Å². The van der Waals surface area contributed by atoms with E-state index in [0.717, 1.165) is 44.6 Å². The van der Waals surface area contributed by atoms with Gasteiger partial charge in [0.15, 0.2) is 11.2 Å². The zero-order valence-corrected chi connectivity index (χ0v) is 17.6. The van der Waals surface area contributed by atoms with E-state index >= 15 is 0 Å². The van der Waals surface area contributed by atoms with Gasteiger partial charge >= 0.3 is 5.69 Å². The number of nitrogens with zero attached hydrogens (tertiary/aromatic N) is 4. The van der Waals surface area contributed by atoms with Crippen molar-refractivity contribution in [1.82, 2.24) is 24.0 Å². The number of benzene rings is 1. The van der Waals surface area contributed by atoms with Crippen molar-refractivity contribution in [2.45, 2.75) is 52.6 Å². The van der Waals surface area contributed by atoms with Gasteiger partial charge in [-0.3, -0.25) is 19.2 Å². The standard InChI is InChI=1S/C22H31N5O2/c1-4-13-26(14-5-2)16-18-23-20-19(21(28)24-22(29)25(20)3)27(18)15-9-12-17-10-7-6-8-11-17/h6-8,10-11H,4-5,9,12-16H2,1-3H3,(H,24,28,29). The lowest BCUT2D eigenvalue weighted by Crippen LogP contribution is -2.29. The molecule has 0 spiro atoms. The molecule has 0 amide bonds. The van der Waals surface area contributed by atoms with Crippen molar-refractivity contribution in [2.75, 3.05) is 13.1 Å². The van der Waals surface area contributed by atoms with Crippen molar-refractivity contribution in [3.63, 3.8) is 0 Å². The fourth-order valence-corrected chi connectivity index (χ4v) is 3.83. The molecule has 2 heterocycles. The zero-order valence-electron chi connectivity index (χ0n) is 17.6. The topological polar surface area (TPSA) is 75.9 Å². The Balaban J connectivity index is 1.96. The van der Waals surface area contributed by atoms with Gasteiger partial charge in [0.25, 0.3) is 5.56 Å². The number of rotatable bonds is 10. The molecule has 1 aromatic carbocycles. The van der Waals surface area contributed by atoms with Gasteiger partial charge in [-0.25, -0.2) is 9.78 Å². The second kappa shape index (κ2) is 9.69. The van der Waals surface area contributed by atoms with E-state index in [0.29, 0.717) is 24.3 Å². The molecule has 3 aromatic rings. The van der Waals surface area contributed by atoms with Crippen LogP contribution in [-0.4, -0.2) is 37.1 Å². The zero-order chi connectivity index (χ0) is 20.8. The first kappa shape index (κ1) is 21.0. The van der Waals surface area contributed by atoms with E-state index in [1.807, 2.05) is 22.8 Å². The summed E-state index contributed by atoms with van der Waals surface area (Å²) in [5.74, 6) is 0.849. The summed E-state index contributed by atoms with van der Waals surface area (Å²) in [6, 6.07) is 10.3. The highest BCUT2D eigenvalue weighted by molar-refractivity contribution is 5.70. The van der Waals surface area contributed by atoms with E-state index in [-0.39, 0.29) is 5.56 Å². The number of aryl methyl sites for hydroxylation is 3. The monoisotopic (exact) mass is 397 g/mol. The van der Waals surface area contributed by atoms with E-state index in [2.05, 4.69) is 35.9 Å². The molecule has 0 atom stereocenters. The Bertz CT molecular complexity index is 1040. The quantitative estimate of drug-likeness (QED) is 0.571. The van der Waals surface area contributed by atoms with Crippen LogP contribution in [0.3, 0.4) is 0 Å². The summed E-state index contributed by atoms with van der Waals surface area (Å²) in [5.41, 5.74) is 1.43. The molecule has 0 bridgehead atoms. The second-order valence-corrected chi connectivity index (χ2v) is 7.54. The van der Waals surface area contributed by atoms with Crippen molar-refractivity contribution >= 4 is 11.2 Å². The van der Waals surface area contributed by atoms with Gasteiger partial charge in [-0.2, -0.15) is 0 Å². The highest BCUT2D eigenvalue weighted by Crippen LogP contribution is 2.15. The van der Waals surface area contributed by atoms with Gasteiger partial charge in [0.1, 0.15) is 5.82 Å². The summed E-state index contributed by atoms with van der Waals surface area (Å²) in [5, 5.41) is 0. The summed E-state index contributed by atoms with van der Waals surface area (Å²) in [6.45, 7) is 7.66. The molecule has 29 heavy (non-hydrogen) atoms. The molecular weight excluding hydrogens is 366 g/mol. The molecule has 7 nitrogen and oxygen atoms in total. The van der Waals surface area contributed by atoms with E-state index in [1.165, 1.54) is 10.1 Å². The summed E-state index contributed by atoms with van der Waals surface area (Å²) >= 11 is 0. The average Bonchev–Trinajstić information content (AvgIpc) is 3.06. The average molecular weight is 398 g/mol. The van der Waals surface area contributed by atoms with E-state index < -0.39 is 5.69 Å². The second-order valence-electron chi connectivity index (χ2n) is 7.54. The normalized spacial score (nSPS) is 11.6. The van der Waals surface area contributed by atoms with Crippen molar-refractivity contribution in [3.05, 3.63) is 62.6 Å². The first-order chi connectivity index (χ1) is 14.0. The Morgan fingerprint density at radius 2 is 1.76 bits per heavy atom. The molecule has 0 unspecified atom stereocenters. The molecule has 3 rings (SSSR count). The van der Waals surface area contributed by atoms with Crippen LogP contribution in [0.25, 0.3) is 11.2 Å². The number of aromatic amines is 1. The molecule has 0 aliphatic heterocycles.